The van der Waals surface area contributed by atoms with Crippen LogP contribution in [-0.2, 0) is 21.4 Å². The van der Waals surface area contributed by atoms with Crippen LogP contribution in [0.2, 0.25) is 0 Å². The lowest BCUT2D eigenvalue weighted by atomic mass is 10.1. The molecule has 0 radical (unpaired) electrons. The molecule has 0 aromatic carbocycles. The smallest absolute Gasteiger partial charge is 0.242 e. The van der Waals surface area contributed by atoms with Gasteiger partial charge in [-0.05, 0) is 32.9 Å². The summed E-state index contributed by atoms with van der Waals surface area (Å²) >= 11 is 0. The maximum absolute atomic E-state index is 12.0. The molecule has 0 bridgehead atoms. The minimum atomic E-state index is -3.66. The number of carbonyl (C=O) groups excluding carboxylic acids is 1. The Morgan fingerprint density at radius 1 is 1.33 bits per heavy atom. The highest BCUT2D eigenvalue weighted by Crippen LogP contribution is 2.07. The first kappa shape index (κ1) is 17.5. The maximum atomic E-state index is 12.0. The van der Waals surface area contributed by atoms with Gasteiger partial charge >= 0.3 is 0 Å². The first-order chi connectivity index (χ1) is 9.64. The van der Waals surface area contributed by atoms with Crippen molar-refractivity contribution in [3.05, 3.63) is 24.0 Å². The second-order valence-electron chi connectivity index (χ2n) is 5.64. The molecular weight excluding hydrogens is 292 g/mol. The van der Waals surface area contributed by atoms with Gasteiger partial charge in [0, 0.05) is 31.2 Å². The Bertz CT molecular complexity index is 576. The van der Waals surface area contributed by atoms with Gasteiger partial charge in [0.1, 0.15) is 4.90 Å². The summed E-state index contributed by atoms with van der Waals surface area (Å²) in [4.78, 5) is 15.6. The SMILES string of the molecule is CC(C)(C)NC(=O)CCNS(=O)(=O)c1ccc(CN)nc1. The number of amides is 1. The first-order valence-electron chi connectivity index (χ1n) is 6.60. The Balaban J connectivity index is 2.55. The van der Waals surface area contributed by atoms with Crippen molar-refractivity contribution < 1.29 is 13.2 Å². The number of hydrogen-bond donors (Lipinski definition) is 3. The van der Waals surface area contributed by atoms with E-state index in [2.05, 4.69) is 15.0 Å². The van der Waals surface area contributed by atoms with E-state index in [1.165, 1.54) is 12.3 Å². The molecule has 0 unspecified atom stereocenters. The fourth-order valence-corrected chi connectivity index (χ4v) is 2.53. The van der Waals surface area contributed by atoms with Gasteiger partial charge in [-0.1, -0.05) is 0 Å². The lowest BCUT2D eigenvalue weighted by molar-refractivity contribution is -0.122. The highest BCUT2D eigenvalue weighted by Gasteiger charge is 2.16. The second kappa shape index (κ2) is 6.97. The Kier molecular flexibility index (Phi) is 5.82. The molecular formula is C13H22N4O3S. The molecule has 0 saturated carbocycles. The molecule has 8 heteroatoms. The Morgan fingerprint density at radius 3 is 2.48 bits per heavy atom. The summed E-state index contributed by atoms with van der Waals surface area (Å²) in [7, 11) is -3.66. The molecule has 1 rings (SSSR count). The second-order valence-corrected chi connectivity index (χ2v) is 7.40. The molecule has 1 heterocycles. The highest BCUT2D eigenvalue weighted by molar-refractivity contribution is 7.89. The molecule has 4 N–H and O–H groups in total. The van der Waals surface area contributed by atoms with Crippen LogP contribution in [0.5, 0.6) is 0 Å². The molecule has 0 atom stereocenters. The topological polar surface area (TPSA) is 114 Å². The quantitative estimate of drug-likeness (QED) is 0.690. The monoisotopic (exact) mass is 314 g/mol. The van der Waals surface area contributed by atoms with Crippen LogP contribution < -0.4 is 15.8 Å². The normalized spacial score (nSPS) is 12.2. The van der Waals surface area contributed by atoms with Crippen LogP contribution in [0.1, 0.15) is 32.9 Å². The predicted octanol–water partition coefficient (Wildman–Crippen LogP) is 0.123. The van der Waals surface area contributed by atoms with Crippen LogP contribution in [0.3, 0.4) is 0 Å². The molecule has 0 aliphatic heterocycles. The molecule has 118 valence electrons. The van der Waals surface area contributed by atoms with E-state index in [4.69, 9.17) is 5.73 Å². The summed E-state index contributed by atoms with van der Waals surface area (Å²) in [6.45, 7) is 5.86. The third-order valence-corrected chi connectivity index (χ3v) is 3.92. The van der Waals surface area contributed by atoms with Gasteiger partial charge in [-0.15, -0.1) is 0 Å². The maximum Gasteiger partial charge on any atom is 0.242 e. The number of nitrogens with zero attached hydrogens (tertiary/aromatic N) is 1. The zero-order chi connectivity index (χ0) is 16.1. The molecule has 1 amide bonds. The van der Waals surface area contributed by atoms with Gasteiger partial charge in [-0.2, -0.15) is 0 Å². The number of hydrogen-bond acceptors (Lipinski definition) is 5. The average molecular weight is 314 g/mol. The van der Waals surface area contributed by atoms with Crippen molar-refractivity contribution in [3.8, 4) is 0 Å². The average Bonchev–Trinajstić information content (AvgIpc) is 2.36. The van der Waals surface area contributed by atoms with Crippen molar-refractivity contribution in [2.45, 2.75) is 44.2 Å². The molecule has 7 nitrogen and oxygen atoms in total. The van der Waals surface area contributed by atoms with Crippen molar-refractivity contribution in [1.82, 2.24) is 15.0 Å². The minimum Gasteiger partial charge on any atom is -0.351 e. The fourth-order valence-electron chi connectivity index (χ4n) is 1.55. The van der Waals surface area contributed by atoms with Gasteiger partial charge in [0.2, 0.25) is 15.9 Å². The van der Waals surface area contributed by atoms with Gasteiger partial charge in [0.05, 0.1) is 5.69 Å². The standard InChI is InChI=1S/C13H22N4O3S/c1-13(2,3)17-12(18)6-7-16-21(19,20)11-5-4-10(8-14)15-9-11/h4-5,9,16H,6-8,14H2,1-3H3,(H,17,18). The Labute approximate surface area is 125 Å². The fraction of sp³-hybridized carbons (Fsp3) is 0.538. The van der Waals surface area contributed by atoms with Crippen molar-refractivity contribution in [2.75, 3.05) is 6.54 Å². The summed E-state index contributed by atoms with van der Waals surface area (Å²) in [6.07, 6.45) is 1.32. The molecule has 21 heavy (non-hydrogen) atoms. The third kappa shape index (κ3) is 6.19. The number of pyridine rings is 1. The molecule has 0 spiro atoms. The van der Waals surface area contributed by atoms with Crippen molar-refractivity contribution >= 4 is 15.9 Å². The lowest BCUT2D eigenvalue weighted by Gasteiger charge is -2.20. The molecule has 0 saturated heterocycles. The van der Waals surface area contributed by atoms with Crippen LogP contribution in [0.4, 0.5) is 0 Å². The van der Waals surface area contributed by atoms with E-state index in [1.807, 2.05) is 20.8 Å². The number of sulfonamides is 1. The van der Waals surface area contributed by atoms with E-state index in [1.54, 1.807) is 6.07 Å². The molecule has 0 fully saturated rings. The van der Waals surface area contributed by atoms with Crippen LogP contribution in [0.25, 0.3) is 0 Å². The van der Waals surface area contributed by atoms with Gasteiger partial charge in [0.25, 0.3) is 0 Å². The summed E-state index contributed by atoms with van der Waals surface area (Å²) in [5.41, 5.74) is 5.68. The highest BCUT2D eigenvalue weighted by atomic mass is 32.2. The van der Waals surface area contributed by atoms with Crippen molar-refractivity contribution in [3.63, 3.8) is 0 Å². The largest absolute Gasteiger partial charge is 0.351 e. The van der Waals surface area contributed by atoms with E-state index in [0.717, 1.165) is 0 Å². The summed E-state index contributed by atoms with van der Waals surface area (Å²) < 4.78 is 26.3. The first-order valence-corrected chi connectivity index (χ1v) is 8.08. The van der Waals surface area contributed by atoms with Crippen LogP contribution in [0, 0.1) is 0 Å². The Hall–Kier alpha value is -1.51. The van der Waals surface area contributed by atoms with E-state index in [9.17, 15) is 13.2 Å². The van der Waals surface area contributed by atoms with Crippen molar-refractivity contribution in [2.24, 2.45) is 5.73 Å². The number of aromatic nitrogens is 1. The van der Waals surface area contributed by atoms with Crippen LogP contribution >= 0.6 is 0 Å². The van der Waals surface area contributed by atoms with E-state index < -0.39 is 10.0 Å². The summed E-state index contributed by atoms with van der Waals surface area (Å²) in [5.74, 6) is -0.207. The number of rotatable bonds is 6. The van der Waals surface area contributed by atoms with Gasteiger partial charge in [-0.3, -0.25) is 9.78 Å². The van der Waals surface area contributed by atoms with E-state index in [0.29, 0.717) is 5.69 Å². The van der Waals surface area contributed by atoms with E-state index >= 15 is 0 Å². The van der Waals surface area contributed by atoms with Crippen molar-refractivity contribution in [1.29, 1.82) is 0 Å². The van der Waals surface area contributed by atoms with Gasteiger partial charge < -0.3 is 11.1 Å². The zero-order valence-corrected chi connectivity index (χ0v) is 13.3. The molecule has 1 aromatic heterocycles. The number of nitrogens with two attached hydrogens (primary N) is 1. The molecule has 0 aliphatic rings. The number of carbonyl (C=O) groups is 1. The molecule has 1 aromatic rings. The van der Waals surface area contributed by atoms with Crippen LogP contribution in [0.15, 0.2) is 23.2 Å². The minimum absolute atomic E-state index is 0.0306. The summed E-state index contributed by atoms with van der Waals surface area (Å²) in [5, 5.41) is 2.76. The zero-order valence-electron chi connectivity index (χ0n) is 12.5. The van der Waals surface area contributed by atoms with E-state index in [-0.39, 0.29) is 35.9 Å². The lowest BCUT2D eigenvalue weighted by Crippen LogP contribution is -2.41. The summed E-state index contributed by atoms with van der Waals surface area (Å²) in [6, 6.07) is 2.99. The van der Waals surface area contributed by atoms with Gasteiger partial charge in [-0.25, -0.2) is 13.1 Å². The van der Waals surface area contributed by atoms with Gasteiger partial charge in [0.15, 0.2) is 0 Å². The third-order valence-electron chi connectivity index (χ3n) is 2.48. The van der Waals surface area contributed by atoms with Crippen LogP contribution in [-0.4, -0.2) is 31.4 Å². The molecule has 0 aliphatic carbocycles. The number of nitrogens with one attached hydrogen (secondary N) is 2. The Morgan fingerprint density at radius 2 is 2.00 bits per heavy atom. The predicted molar refractivity (Wildman–Crippen MR) is 79.8 cm³/mol.